The number of amides is 2. The Labute approximate surface area is 201 Å². The number of sulfonamides is 1. The second-order valence-corrected chi connectivity index (χ2v) is 11.4. The molecule has 2 aromatic rings. The Morgan fingerprint density at radius 3 is 2.38 bits per heavy atom. The third kappa shape index (κ3) is 4.49. The topological polar surface area (TPSA) is 78.0 Å². The molecule has 180 valence electrons. The van der Waals surface area contributed by atoms with Gasteiger partial charge in [0.1, 0.15) is 6.54 Å². The summed E-state index contributed by atoms with van der Waals surface area (Å²) >= 11 is 0. The second-order valence-electron chi connectivity index (χ2n) is 9.42. The summed E-state index contributed by atoms with van der Waals surface area (Å²) in [5.74, 6) is -0.170. The quantitative estimate of drug-likeness (QED) is 0.672. The lowest BCUT2D eigenvalue weighted by Gasteiger charge is -2.31. The Hall–Kier alpha value is -2.71. The zero-order valence-electron chi connectivity index (χ0n) is 19.4. The Bertz CT molecular complexity index is 1200. The number of aryl methyl sites for hydroxylation is 1. The van der Waals surface area contributed by atoms with E-state index in [-0.39, 0.29) is 23.3 Å². The molecular formula is C26H31N3O4S. The van der Waals surface area contributed by atoms with Crippen LogP contribution in [0.5, 0.6) is 0 Å². The van der Waals surface area contributed by atoms with E-state index in [2.05, 4.69) is 6.07 Å². The van der Waals surface area contributed by atoms with Crippen LogP contribution in [0.25, 0.3) is 0 Å². The minimum absolute atomic E-state index is 0.0216. The molecule has 1 saturated heterocycles. The molecule has 3 aliphatic heterocycles. The number of carbonyl (C=O) groups is 2. The Morgan fingerprint density at radius 2 is 1.59 bits per heavy atom. The van der Waals surface area contributed by atoms with Crippen LogP contribution in [0.3, 0.4) is 0 Å². The van der Waals surface area contributed by atoms with E-state index in [0.717, 1.165) is 36.8 Å². The van der Waals surface area contributed by atoms with Crippen LogP contribution >= 0.6 is 0 Å². The predicted octanol–water partition coefficient (Wildman–Crippen LogP) is 3.12. The third-order valence-electron chi connectivity index (χ3n) is 7.21. The molecule has 0 atom stereocenters. The summed E-state index contributed by atoms with van der Waals surface area (Å²) in [5, 5.41) is 0. The number of anilines is 1. The molecule has 0 unspecified atom stereocenters. The van der Waals surface area contributed by atoms with Crippen LogP contribution in [0.2, 0.25) is 0 Å². The van der Waals surface area contributed by atoms with Crippen molar-refractivity contribution >= 4 is 27.5 Å². The maximum absolute atomic E-state index is 13.2. The van der Waals surface area contributed by atoms with E-state index in [1.165, 1.54) is 5.56 Å². The van der Waals surface area contributed by atoms with Gasteiger partial charge in [0, 0.05) is 38.3 Å². The molecule has 1 fully saturated rings. The van der Waals surface area contributed by atoms with Gasteiger partial charge in [0.15, 0.2) is 0 Å². The molecule has 8 heteroatoms. The first-order valence-corrected chi connectivity index (χ1v) is 13.7. The smallest absolute Gasteiger partial charge is 0.243 e. The maximum atomic E-state index is 13.2. The number of hydrogen-bond acceptors (Lipinski definition) is 4. The highest BCUT2D eigenvalue weighted by Crippen LogP contribution is 2.31. The Kier molecular flexibility index (Phi) is 6.44. The zero-order valence-corrected chi connectivity index (χ0v) is 20.2. The van der Waals surface area contributed by atoms with E-state index >= 15 is 0 Å². The lowest BCUT2D eigenvalue weighted by Crippen LogP contribution is -2.44. The SMILES string of the molecule is O=C(CN1C(=O)CCCc2cc(S(=O)(=O)N3CCCCC3)ccc21)N1CCc2ccccc2C1. The molecular weight excluding hydrogens is 450 g/mol. The molecule has 0 radical (unpaired) electrons. The van der Waals surface area contributed by atoms with Gasteiger partial charge in [0.2, 0.25) is 21.8 Å². The molecule has 3 aliphatic rings. The average molecular weight is 482 g/mol. The van der Waals surface area contributed by atoms with Crippen LogP contribution in [0.1, 0.15) is 48.8 Å². The van der Waals surface area contributed by atoms with Gasteiger partial charge < -0.3 is 9.80 Å². The average Bonchev–Trinajstić information content (AvgIpc) is 3.02. The van der Waals surface area contributed by atoms with Crippen molar-refractivity contribution in [2.45, 2.75) is 56.4 Å². The number of benzene rings is 2. The molecule has 0 bridgehead atoms. The van der Waals surface area contributed by atoms with Crippen LogP contribution in [0, 0.1) is 0 Å². The van der Waals surface area contributed by atoms with Gasteiger partial charge in [-0.3, -0.25) is 9.59 Å². The highest BCUT2D eigenvalue weighted by atomic mass is 32.2. The molecule has 0 aromatic heterocycles. The van der Waals surface area contributed by atoms with Crippen molar-refractivity contribution in [2.24, 2.45) is 0 Å². The summed E-state index contributed by atoms with van der Waals surface area (Å²) in [4.78, 5) is 29.8. The van der Waals surface area contributed by atoms with E-state index < -0.39 is 10.0 Å². The van der Waals surface area contributed by atoms with E-state index in [9.17, 15) is 18.0 Å². The lowest BCUT2D eigenvalue weighted by molar-refractivity contribution is -0.132. The van der Waals surface area contributed by atoms with Crippen molar-refractivity contribution in [3.8, 4) is 0 Å². The van der Waals surface area contributed by atoms with Gasteiger partial charge >= 0.3 is 0 Å². The van der Waals surface area contributed by atoms with Crippen molar-refractivity contribution in [3.63, 3.8) is 0 Å². The molecule has 3 heterocycles. The fourth-order valence-corrected chi connectivity index (χ4v) is 6.83. The van der Waals surface area contributed by atoms with Gasteiger partial charge in [0.05, 0.1) is 4.90 Å². The molecule has 34 heavy (non-hydrogen) atoms. The van der Waals surface area contributed by atoms with Crippen molar-refractivity contribution in [1.29, 1.82) is 0 Å². The normalized spacial score (nSPS) is 19.4. The van der Waals surface area contributed by atoms with E-state index in [0.29, 0.717) is 51.1 Å². The fourth-order valence-electron chi connectivity index (χ4n) is 5.26. The summed E-state index contributed by atoms with van der Waals surface area (Å²) in [6.07, 6.45) is 5.24. The largest absolute Gasteiger partial charge is 0.336 e. The summed E-state index contributed by atoms with van der Waals surface area (Å²) in [5.41, 5.74) is 3.90. The van der Waals surface area contributed by atoms with Crippen molar-refractivity contribution in [1.82, 2.24) is 9.21 Å². The summed E-state index contributed by atoms with van der Waals surface area (Å²) in [6.45, 7) is 2.27. The maximum Gasteiger partial charge on any atom is 0.243 e. The lowest BCUT2D eigenvalue weighted by atomic mass is 10.00. The molecule has 0 aliphatic carbocycles. The van der Waals surface area contributed by atoms with Crippen LogP contribution in [-0.2, 0) is 39.0 Å². The number of fused-ring (bicyclic) bond motifs is 2. The van der Waals surface area contributed by atoms with Gasteiger partial charge in [-0.2, -0.15) is 4.31 Å². The summed E-state index contributed by atoms with van der Waals surface area (Å²) in [6, 6.07) is 13.2. The predicted molar refractivity (Wildman–Crippen MR) is 130 cm³/mol. The number of hydrogen-bond donors (Lipinski definition) is 0. The summed E-state index contributed by atoms with van der Waals surface area (Å²) < 4.78 is 27.9. The third-order valence-corrected chi connectivity index (χ3v) is 9.10. The van der Waals surface area contributed by atoms with Gasteiger partial charge in [0.25, 0.3) is 0 Å². The minimum atomic E-state index is -3.55. The number of nitrogens with zero attached hydrogens (tertiary/aromatic N) is 3. The highest BCUT2D eigenvalue weighted by Gasteiger charge is 2.31. The van der Waals surface area contributed by atoms with Crippen molar-refractivity contribution < 1.29 is 18.0 Å². The molecule has 5 rings (SSSR count). The van der Waals surface area contributed by atoms with Gasteiger partial charge in [-0.25, -0.2) is 8.42 Å². The van der Waals surface area contributed by atoms with E-state index in [4.69, 9.17) is 0 Å². The number of rotatable bonds is 4. The van der Waals surface area contributed by atoms with Gasteiger partial charge in [-0.15, -0.1) is 0 Å². The monoisotopic (exact) mass is 481 g/mol. The first-order valence-electron chi connectivity index (χ1n) is 12.2. The van der Waals surface area contributed by atoms with Crippen LogP contribution in [0.15, 0.2) is 47.4 Å². The molecule has 0 saturated carbocycles. The van der Waals surface area contributed by atoms with Gasteiger partial charge in [-0.1, -0.05) is 30.7 Å². The zero-order chi connectivity index (χ0) is 23.7. The molecule has 2 aromatic carbocycles. The van der Waals surface area contributed by atoms with Crippen LogP contribution < -0.4 is 4.90 Å². The standard InChI is InChI=1S/C26H31N3O4S/c30-25-10-6-9-21-17-23(34(32,33)28-14-4-1-5-15-28)11-12-24(21)29(25)19-26(31)27-16-13-20-7-2-3-8-22(20)18-27/h2-3,7-8,11-12,17H,1,4-6,9-10,13-16,18-19H2. The second kappa shape index (κ2) is 9.50. The minimum Gasteiger partial charge on any atom is -0.336 e. The molecule has 0 spiro atoms. The Morgan fingerprint density at radius 1 is 0.824 bits per heavy atom. The van der Waals surface area contributed by atoms with Gasteiger partial charge in [-0.05, 0) is 67.0 Å². The number of carbonyl (C=O) groups excluding carboxylic acids is 2. The first kappa shape index (κ1) is 23.1. The fraction of sp³-hybridized carbons (Fsp3) is 0.462. The van der Waals surface area contributed by atoms with Crippen LogP contribution in [-0.4, -0.2) is 55.6 Å². The number of piperidine rings is 1. The van der Waals surface area contributed by atoms with Crippen molar-refractivity contribution in [2.75, 3.05) is 31.1 Å². The Balaban J connectivity index is 1.38. The molecule has 7 nitrogen and oxygen atoms in total. The van der Waals surface area contributed by atoms with E-state index in [1.807, 2.05) is 23.1 Å². The van der Waals surface area contributed by atoms with Crippen molar-refractivity contribution in [3.05, 3.63) is 59.2 Å². The molecule has 0 N–H and O–H groups in total. The van der Waals surface area contributed by atoms with Crippen LogP contribution in [0.4, 0.5) is 5.69 Å². The first-order chi connectivity index (χ1) is 16.4. The highest BCUT2D eigenvalue weighted by molar-refractivity contribution is 7.89. The summed E-state index contributed by atoms with van der Waals surface area (Å²) in [7, 11) is -3.55. The molecule has 2 amide bonds. The van der Waals surface area contributed by atoms with E-state index in [1.54, 1.807) is 27.4 Å².